The lowest BCUT2D eigenvalue weighted by Gasteiger charge is -2.33. The lowest BCUT2D eigenvalue weighted by atomic mass is 10.1. The van der Waals surface area contributed by atoms with Gasteiger partial charge in [-0.15, -0.1) is 5.10 Å². The van der Waals surface area contributed by atoms with E-state index in [0.29, 0.717) is 23.5 Å². The first-order valence-electron chi connectivity index (χ1n) is 11.9. The van der Waals surface area contributed by atoms with Gasteiger partial charge in [-0.2, -0.15) is 0 Å². The number of anilines is 1. The second-order valence-electron chi connectivity index (χ2n) is 9.06. The van der Waals surface area contributed by atoms with Gasteiger partial charge in [-0.1, -0.05) is 23.4 Å². The zero-order valence-corrected chi connectivity index (χ0v) is 20.1. The number of nitrogens with zero attached hydrogens (tertiary/aromatic N) is 9. The summed E-state index contributed by atoms with van der Waals surface area (Å²) in [4.78, 5) is 22.5. The van der Waals surface area contributed by atoms with E-state index in [1.165, 1.54) is 18.3 Å². The third kappa shape index (κ3) is 4.85. The van der Waals surface area contributed by atoms with Crippen molar-refractivity contribution in [2.24, 2.45) is 0 Å². The molecule has 2 aromatic carbocycles. The Balaban J connectivity index is 1.24. The van der Waals surface area contributed by atoms with Gasteiger partial charge in [-0.25, -0.2) is 33.4 Å². The fourth-order valence-corrected chi connectivity index (χ4v) is 4.38. The van der Waals surface area contributed by atoms with Gasteiger partial charge in [0.15, 0.2) is 22.8 Å². The Morgan fingerprint density at radius 3 is 2.30 bits per heavy atom. The topological polar surface area (TPSA) is 88.8 Å². The Kier molecular flexibility index (Phi) is 5.97. The van der Waals surface area contributed by atoms with Crippen molar-refractivity contribution in [3.8, 4) is 22.8 Å². The maximum Gasteiger partial charge on any atom is 0.182 e. The van der Waals surface area contributed by atoms with Gasteiger partial charge in [0.2, 0.25) is 0 Å². The van der Waals surface area contributed by atoms with Crippen LogP contribution in [0.5, 0.6) is 0 Å². The van der Waals surface area contributed by atoms with E-state index >= 15 is 0 Å². The van der Waals surface area contributed by atoms with E-state index in [9.17, 15) is 8.78 Å². The van der Waals surface area contributed by atoms with Crippen molar-refractivity contribution in [1.82, 2.24) is 39.8 Å². The molecule has 9 nitrogen and oxygen atoms in total. The fraction of sp³-hybridized carbons (Fsp3) is 0.231. The molecule has 0 aliphatic carbocycles. The van der Waals surface area contributed by atoms with Crippen LogP contribution in [0.25, 0.3) is 33.9 Å². The molecule has 1 saturated heterocycles. The summed E-state index contributed by atoms with van der Waals surface area (Å²) in [5.41, 5.74) is 4.06. The van der Waals surface area contributed by atoms with Gasteiger partial charge in [-0.3, -0.25) is 0 Å². The van der Waals surface area contributed by atoms with Gasteiger partial charge >= 0.3 is 0 Å². The molecule has 0 amide bonds. The quantitative estimate of drug-likeness (QED) is 0.364. The van der Waals surface area contributed by atoms with Crippen LogP contribution in [0.3, 0.4) is 0 Å². The first-order valence-corrected chi connectivity index (χ1v) is 11.9. The summed E-state index contributed by atoms with van der Waals surface area (Å²) in [6, 6.07) is 11.1. The van der Waals surface area contributed by atoms with Crippen molar-refractivity contribution in [2.75, 3.05) is 38.1 Å². The summed E-state index contributed by atoms with van der Waals surface area (Å²) in [5.74, 6) is -0.556. The zero-order valence-electron chi connectivity index (χ0n) is 20.1. The maximum atomic E-state index is 13.7. The SMILES string of the molecule is CN1CCN(c2cnc(-c3cccc(Cn4nnc5cnc(-c6cc(F)cc(F)c6)nc54)c3)nc2)CC1. The van der Waals surface area contributed by atoms with Gasteiger partial charge in [0, 0.05) is 43.4 Å². The molecular weight excluding hydrogens is 476 g/mol. The number of halogens is 2. The number of fused-ring (bicyclic) bond motifs is 1. The molecule has 1 aliphatic rings. The van der Waals surface area contributed by atoms with E-state index in [4.69, 9.17) is 0 Å². The molecule has 11 heteroatoms. The van der Waals surface area contributed by atoms with E-state index in [1.807, 2.05) is 36.7 Å². The molecule has 0 spiro atoms. The fourth-order valence-electron chi connectivity index (χ4n) is 4.38. The number of benzene rings is 2. The Morgan fingerprint density at radius 1 is 0.811 bits per heavy atom. The molecule has 4 heterocycles. The molecule has 0 N–H and O–H groups in total. The summed E-state index contributed by atoms with van der Waals surface area (Å²) in [6.45, 7) is 4.34. The van der Waals surface area contributed by atoms with Crippen LogP contribution in [-0.4, -0.2) is 73.1 Å². The number of rotatable bonds is 5. The molecule has 5 aromatic rings. The predicted molar refractivity (Wildman–Crippen MR) is 135 cm³/mol. The maximum absolute atomic E-state index is 13.7. The number of piperazine rings is 1. The van der Waals surface area contributed by atoms with Crippen LogP contribution in [0, 0.1) is 11.6 Å². The number of hydrogen-bond donors (Lipinski definition) is 0. The van der Waals surface area contributed by atoms with E-state index in [0.717, 1.165) is 49.1 Å². The molecule has 0 bridgehead atoms. The van der Waals surface area contributed by atoms with Gasteiger partial charge in [-0.05, 0) is 30.8 Å². The summed E-state index contributed by atoms with van der Waals surface area (Å²) >= 11 is 0. The van der Waals surface area contributed by atoms with E-state index in [1.54, 1.807) is 4.68 Å². The van der Waals surface area contributed by atoms with Crippen molar-refractivity contribution < 1.29 is 8.78 Å². The van der Waals surface area contributed by atoms with Gasteiger partial charge < -0.3 is 9.80 Å². The molecule has 0 unspecified atom stereocenters. The minimum atomic E-state index is -0.694. The van der Waals surface area contributed by atoms with Crippen LogP contribution in [0.15, 0.2) is 61.1 Å². The monoisotopic (exact) mass is 499 g/mol. The van der Waals surface area contributed by atoms with Gasteiger partial charge in [0.1, 0.15) is 11.6 Å². The normalized spacial score (nSPS) is 14.4. The highest BCUT2D eigenvalue weighted by molar-refractivity contribution is 5.72. The van der Waals surface area contributed by atoms with E-state index < -0.39 is 11.6 Å². The van der Waals surface area contributed by atoms with Crippen molar-refractivity contribution in [3.05, 3.63) is 78.3 Å². The standard InChI is InChI=1S/C26H23F2N9/c1-35-5-7-36(8-6-35)22-13-29-24(30-14-22)18-4-2-3-17(9-18)16-37-26-23(33-34-37)15-31-25(32-26)19-10-20(27)12-21(28)11-19/h2-4,9-15H,5-8,16H2,1H3. The van der Waals surface area contributed by atoms with Gasteiger partial charge in [0.25, 0.3) is 0 Å². The largest absolute Gasteiger partial charge is 0.366 e. The highest BCUT2D eigenvalue weighted by Gasteiger charge is 2.16. The molecule has 186 valence electrons. The number of likely N-dealkylation sites (N-methyl/N-ethyl adjacent to an activating group) is 1. The van der Waals surface area contributed by atoms with Crippen LogP contribution in [0.2, 0.25) is 0 Å². The van der Waals surface area contributed by atoms with Crippen LogP contribution >= 0.6 is 0 Å². The van der Waals surface area contributed by atoms with Crippen molar-refractivity contribution in [1.29, 1.82) is 0 Å². The third-order valence-corrected chi connectivity index (χ3v) is 6.40. The molecule has 0 radical (unpaired) electrons. The minimum absolute atomic E-state index is 0.192. The van der Waals surface area contributed by atoms with Crippen LogP contribution < -0.4 is 4.90 Å². The molecule has 1 fully saturated rings. The lowest BCUT2D eigenvalue weighted by molar-refractivity contribution is 0.312. The molecule has 3 aromatic heterocycles. The van der Waals surface area contributed by atoms with E-state index in [2.05, 4.69) is 47.1 Å². The van der Waals surface area contributed by atoms with Crippen LogP contribution in [-0.2, 0) is 6.54 Å². The summed E-state index contributed by atoms with van der Waals surface area (Å²) in [5, 5.41) is 8.34. The average Bonchev–Trinajstić information content (AvgIpc) is 3.31. The van der Waals surface area contributed by atoms with Crippen molar-refractivity contribution in [2.45, 2.75) is 6.54 Å². The van der Waals surface area contributed by atoms with Crippen molar-refractivity contribution in [3.63, 3.8) is 0 Å². The average molecular weight is 500 g/mol. The zero-order chi connectivity index (χ0) is 25.4. The molecular formula is C26H23F2N9. The molecule has 6 rings (SSSR count). The first kappa shape index (κ1) is 23.0. The highest BCUT2D eigenvalue weighted by Crippen LogP contribution is 2.22. The van der Waals surface area contributed by atoms with Crippen molar-refractivity contribution >= 4 is 16.9 Å². The third-order valence-electron chi connectivity index (χ3n) is 6.40. The minimum Gasteiger partial charge on any atom is -0.366 e. The first-order chi connectivity index (χ1) is 18.0. The Bertz CT molecular complexity index is 1540. The molecule has 1 aliphatic heterocycles. The number of hydrogen-bond acceptors (Lipinski definition) is 8. The highest BCUT2D eigenvalue weighted by atomic mass is 19.1. The van der Waals surface area contributed by atoms with Gasteiger partial charge in [0.05, 0.1) is 30.8 Å². The van der Waals surface area contributed by atoms with E-state index in [-0.39, 0.29) is 11.4 Å². The predicted octanol–water partition coefficient (Wildman–Crippen LogP) is 3.42. The summed E-state index contributed by atoms with van der Waals surface area (Å²) < 4.78 is 29.0. The summed E-state index contributed by atoms with van der Waals surface area (Å²) in [6.07, 6.45) is 5.24. The second-order valence-corrected chi connectivity index (χ2v) is 9.06. The smallest absolute Gasteiger partial charge is 0.182 e. The van der Waals surface area contributed by atoms with Crippen LogP contribution in [0.1, 0.15) is 5.56 Å². The Labute approximate surface area is 211 Å². The lowest BCUT2D eigenvalue weighted by Crippen LogP contribution is -2.44. The second kappa shape index (κ2) is 9.58. The Morgan fingerprint density at radius 2 is 1.54 bits per heavy atom. The number of aromatic nitrogens is 7. The van der Waals surface area contributed by atoms with Crippen LogP contribution in [0.4, 0.5) is 14.5 Å². The Hall–Kier alpha value is -4.38. The summed E-state index contributed by atoms with van der Waals surface area (Å²) in [7, 11) is 2.13. The molecule has 0 saturated carbocycles. The molecule has 37 heavy (non-hydrogen) atoms. The molecule has 0 atom stereocenters.